The Hall–Kier alpha value is -4.92. The summed E-state index contributed by atoms with van der Waals surface area (Å²) in [5, 5.41) is 12.2. The van der Waals surface area contributed by atoms with Crippen LogP contribution in [-0.4, -0.2) is 33.9 Å². The maximum Gasteiger partial charge on any atom is 0.417 e. The molecule has 1 heterocycles. The lowest BCUT2D eigenvalue weighted by atomic mass is 10.0. The number of esters is 1. The summed E-state index contributed by atoms with van der Waals surface area (Å²) < 4.78 is 60.4. The quantitative estimate of drug-likeness (QED) is 0.184. The van der Waals surface area contributed by atoms with Crippen LogP contribution in [0.25, 0.3) is 0 Å². The number of nitrogens with zero attached hydrogens (tertiary/aromatic N) is 3. The summed E-state index contributed by atoms with van der Waals surface area (Å²) in [4.78, 5) is 41.0. The molecule has 3 amide bonds. The highest BCUT2D eigenvalue weighted by Crippen LogP contribution is 2.39. The molecule has 3 aromatic carbocycles. The summed E-state index contributed by atoms with van der Waals surface area (Å²) in [6.45, 7) is 7.94. The fraction of sp³-hybridized carbons (Fsp3) is 0.290. The lowest BCUT2D eigenvalue weighted by Gasteiger charge is -2.28. The molecule has 1 aliphatic heterocycles. The zero-order chi connectivity index (χ0) is 31.9. The maximum absolute atomic E-state index is 14.3. The Labute approximate surface area is 245 Å². The van der Waals surface area contributed by atoms with Crippen LogP contribution in [0.3, 0.4) is 0 Å². The van der Waals surface area contributed by atoms with Gasteiger partial charge in [0.15, 0.2) is 0 Å². The minimum Gasteiger partial charge on any atom is -0.456 e. The van der Waals surface area contributed by atoms with Gasteiger partial charge in [0.1, 0.15) is 17.0 Å². The summed E-state index contributed by atoms with van der Waals surface area (Å²) >= 11 is 0. The summed E-state index contributed by atoms with van der Waals surface area (Å²) in [6.07, 6.45) is -4.89. The van der Waals surface area contributed by atoms with Crippen LogP contribution in [0.2, 0.25) is 0 Å². The van der Waals surface area contributed by atoms with Crippen molar-refractivity contribution in [3.63, 3.8) is 0 Å². The van der Waals surface area contributed by atoms with Gasteiger partial charge in [-0.2, -0.15) is 18.4 Å². The Morgan fingerprint density at radius 3 is 2.23 bits per heavy atom. The predicted octanol–water partition coefficient (Wildman–Crippen LogP) is 7.16. The zero-order valence-electron chi connectivity index (χ0n) is 24.0. The van der Waals surface area contributed by atoms with Gasteiger partial charge in [-0.25, -0.2) is 18.9 Å². The minimum atomic E-state index is -4.89. The van der Waals surface area contributed by atoms with Gasteiger partial charge in [-0.05, 0) is 94.8 Å². The second-order valence-corrected chi connectivity index (χ2v) is 11.4. The van der Waals surface area contributed by atoms with E-state index >= 15 is 0 Å². The van der Waals surface area contributed by atoms with Crippen molar-refractivity contribution in [2.24, 2.45) is 0 Å². The van der Waals surface area contributed by atoms with Crippen LogP contribution in [0.5, 0.6) is 0 Å². The molecule has 1 saturated heterocycles. The van der Waals surface area contributed by atoms with E-state index in [0.29, 0.717) is 27.8 Å². The van der Waals surface area contributed by atoms with E-state index in [-0.39, 0.29) is 17.9 Å². The molecule has 0 saturated carbocycles. The highest BCUT2D eigenvalue weighted by Gasteiger charge is 2.52. The smallest absolute Gasteiger partial charge is 0.417 e. The Morgan fingerprint density at radius 2 is 1.65 bits per heavy atom. The van der Waals surface area contributed by atoms with Gasteiger partial charge in [-0.1, -0.05) is 6.07 Å². The molecule has 0 aromatic heterocycles. The highest BCUT2D eigenvalue weighted by atomic mass is 19.4. The number of alkyl halides is 3. The molecule has 3 aromatic rings. The van der Waals surface area contributed by atoms with Gasteiger partial charge < -0.3 is 15.0 Å². The number of imide groups is 1. The highest BCUT2D eigenvalue weighted by molar-refractivity contribution is 6.23. The number of benzene rings is 3. The third-order valence-corrected chi connectivity index (χ3v) is 6.71. The van der Waals surface area contributed by atoms with Crippen LogP contribution in [0.4, 0.5) is 39.4 Å². The van der Waals surface area contributed by atoms with Gasteiger partial charge in [0, 0.05) is 11.4 Å². The van der Waals surface area contributed by atoms with E-state index in [1.165, 1.54) is 55.1 Å². The number of carbonyl (C=O) groups excluding carboxylic acids is 3. The van der Waals surface area contributed by atoms with E-state index in [1.807, 2.05) is 0 Å². The largest absolute Gasteiger partial charge is 0.456 e. The van der Waals surface area contributed by atoms with Crippen molar-refractivity contribution in [2.45, 2.75) is 58.5 Å². The van der Waals surface area contributed by atoms with Gasteiger partial charge in [0.2, 0.25) is 0 Å². The number of nitrogens with one attached hydrogen (secondary N) is 1. The number of hydrogen-bond donors (Lipinski definition) is 1. The van der Waals surface area contributed by atoms with Gasteiger partial charge in [0.05, 0.1) is 35.0 Å². The van der Waals surface area contributed by atoms with Crippen molar-refractivity contribution in [2.75, 3.05) is 10.2 Å². The molecule has 1 aliphatic rings. The molecule has 1 N–H and O–H groups in total. The first-order valence-corrected chi connectivity index (χ1v) is 13.1. The summed E-state index contributed by atoms with van der Waals surface area (Å²) in [6, 6.07) is 13.2. The monoisotopic (exact) mass is 596 g/mol. The molecule has 0 bridgehead atoms. The van der Waals surface area contributed by atoms with E-state index in [4.69, 9.17) is 10.00 Å². The van der Waals surface area contributed by atoms with Crippen LogP contribution < -0.4 is 10.2 Å². The van der Waals surface area contributed by atoms with Crippen molar-refractivity contribution in [1.82, 2.24) is 4.90 Å². The van der Waals surface area contributed by atoms with Crippen LogP contribution >= 0.6 is 0 Å². The molecule has 43 heavy (non-hydrogen) atoms. The van der Waals surface area contributed by atoms with E-state index in [9.17, 15) is 31.9 Å². The lowest BCUT2D eigenvalue weighted by molar-refractivity contribution is -0.137. The third-order valence-electron chi connectivity index (χ3n) is 6.71. The first-order valence-electron chi connectivity index (χ1n) is 13.1. The van der Waals surface area contributed by atoms with Gasteiger partial charge >= 0.3 is 18.2 Å². The number of halogens is 4. The minimum absolute atomic E-state index is 0.199. The molecular formula is C31H28F4N4O4. The molecule has 1 fully saturated rings. The second kappa shape index (κ2) is 11.1. The number of rotatable bonds is 6. The molecule has 0 aliphatic carbocycles. The first kappa shape index (κ1) is 31.0. The van der Waals surface area contributed by atoms with Gasteiger partial charge in [-0.15, -0.1) is 0 Å². The van der Waals surface area contributed by atoms with Gasteiger partial charge in [-0.3, -0.25) is 4.79 Å². The third kappa shape index (κ3) is 6.45. The number of amides is 3. The Balaban J connectivity index is 1.62. The fourth-order valence-corrected chi connectivity index (χ4v) is 4.49. The summed E-state index contributed by atoms with van der Waals surface area (Å²) in [5.74, 6) is -1.87. The molecule has 0 atom stereocenters. The Bertz CT molecular complexity index is 1640. The van der Waals surface area contributed by atoms with Crippen molar-refractivity contribution in [1.29, 1.82) is 5.26 Å². The Morgan fingerprint density at radius 1 is 1.00 bits per heavy atom. The van der Waals surface area contributed by atoms with Crippen molar-refractivity contribution in [3.8, 4) is 6.07 Å². The van der Waals surface area contributed by atoms with Gasteiger partial charge in [0.25, 0.3) is 5.91 Å². The van der Waals surface area contributed by atoms with E-state index in [0.717, 1.165) is 12.1 Å². The van der Waals surface area contributed by atoms with Crippen molar-refractivity contribution < 1.29 is 36.7 Å². The van der Waals surface area contributed by atoms with Crippen LogP contribution in [0.1, 0.15) is 61.7 Å². The molecule has 4 rings (SSSR count). The maximum atomic E-state index is 14.3. The standard InChI is InChI=1S/C31H28F4N4O4/c1-29(2,3)43-26(40)18-7-11-22(12-8-18)37-25-14-21(32)10-6-20(25)17-38-28(42)39(27(41)30(38,4)5)23-13-9-19(16-36)24(15-23)31(33,34)35/h6-15,37H,17H2,1-5H3. The van der Waals surface area contributed by atoms with Crippen molar-refractivity contribution in [3.05, 3.63) is 88.7 Å². The number of urea groups is 1. The number of nitriles is 1. The number of anilines is 3. The first-order chi connectivity index (χ1) is 19.9. The molecule has 0 radical (unpaired) electrons. The normalized spacial score (nSPS) is 15.0. The Kier molecular flexibility index (Phi) is 7.98. The second-order valence-electron chi connectivity index (χ2n) is 11.4. The molecule has 12 heteroatoms. The molecule has 8 nitrogen and oxygen atoms in total. The predicted molar refractivity (Wildman–Crippen MR) is 150 cm³/mol. The van der Waals surface area contributed by atoms with E-state index in [2.05, 4.69) is 5.32 Å². The summed E-state index contributed by atoms with van der Waals surface area (Å²) in [7, 11) is 0. The number of carbonyl (C=O) groups is 3. The SMILES string of the molecule is CC(C)(C)OC(=O)c1ccc(Nc2cc(F)ccc2CN2C(=O)N(c3ccc(C#N)c(C(F)(F)F)c3)C(=O)C2(C)C)cc1. The zero-order valence-corrected chi connectivity index (χ0v) is 24.0. The van der Waals surface area contributed by atoms with E-state index in [1.54, 1.807) is 32.9 Å². The fourth-order valence-electron chi connectivity index (χ4n) is 4.49. The number of ether oxygens (including phenoxy) is 1. The lowest BCUT2D eigenvalue weighted by Crippen LogP contribution is -2.43. The molecular weight excluding hydrogens is 568 g/mol. The molecule has 0 spiro atoms. The number of hydrogen-bond acceptors (Lipinski definition) is 6. The molecule has 224 valence electrons. The van der Waals surface area contributed by atoms with Crippen LogP contribution in [0, 0.1) is 17.1 Å². The average molecular weight is 597 g/mol. The van der Waals surface area contributed by atoms with E-state index < -0.39 is 52.2 Å². The average Bonchev–Trinajstić information content (AvgIpc) is 3.07. The topological polar surface area (TPSA) is 103 Å². The summed E-state index contributed by atoms with van der Waals surface area (Å²) in [5.41, 5.74) is -2.95. The van der Waals surface area contributed by atoms with Crippen LogP contribution in [-0.2, 0) is 22.3 Å². The molecule has 0 unspecified atom stereocenters. The van der Waals surface area contributed by atoms with Crippen molar-refractivity contribution >= 4 is 35.0 Å². The van der Waals surface area contributed by atoms with Crippen LogP contribution in [0.15, 0.2) is 60.7 Å².